The zero-order chi connectivity index (χ0) is 32.1. The van der Waals surface area contributed by atoms with Crippen molar-refractivity contribution in [3.05, 3.63) is 138 Å². The van der Waals surface area contributed by atoms with Gasteiger partial charge in [0.25, 0.3) is 8.32 Å². The van der Waals surface area contributed by atoms with Crippen LogP contribution in [-0.4, -0.2) is 24.3 Å². The molecular formula is C40H38N2O3Si. The Bertz CT molecular complexity index is 2170. The van der Waals surface area contributed by atoms with Gasteiger partial charge in [0.15, 0.2) is 0 Å². The second-order valence-corrected chi connectivity index (χ2v) is 17.4. The molecule has 2 aromatic heterocycles. The number of nitrogens with one attached hydrogen (secondary N) is 2. The van der Waals surface area contributed by atoms with Gasteiger partial charge in [-0.25, -0.2) is 4.79 Å². The summed E-state index contributed by atoms with van der Waals surface area (Å²) in [5.41, 5.74) is 6.51. The number of rotatable bonds is 7. The second-order valence-electron chi connectivity index (χ2n) is 13.1. The first-order chi connectivity index (χ1) is 22.2. The number of hydrogen-bond acceptors (Lipinski definition) is 3. The van der Waals surface area contributed by atoms with E-state index in [1.54, 1.807) is 0 Å². The summed E-state index contributed by atoms with van der Waals surface area (Å²) >= 11 is 0. The molecule has 0 aliphatic carbocycles. The van der Waals surface area contributed by atoms with E-state index in [0.29, 0.717) is 18.1 Å². The number of H-pyrrole nitrogens is 2. The molecule has 0 spiro atoms. The SMILES string of the molecule is Cc1c(C(=O)Oc2cccc(CO[Si](c3ccccc3)(c3ccccc3)C(C)(C)C)c2)[nH]c2cc3c([nH]c4ccccc43)c(C)c12. The molecule has 0 amide bonds. The van der Waals surface area contributed by atoms with Gasteiger partial charge in [0, 0.05) is 27.2 Å². The molecule has 5 aromatic carbocycles. The molecule has 0 radical (unpaired) electrons. The number of carbonyl (C=O) groups excluding carboxylic acids is 1. The van der Waals surface area contributed by atoms with Gasteiger partial charge < -0.3 is 19.1 Å². The van der Waals surface area contributed by atoms with Crippen LogP contribution in [-0.2, 0) is 11.0 Å². The Kier molecular flexibility index (Phi) is 7.42. The van der Waals surface area contributed by atoms with Crippen molar-refractivity contribution in [3.8, 4) is 5.75 Å². The maximum Gasteiger partial charge on any atom is 0.360 e. The molecule has 46 heavy (non-hydrogen) atoms. The van der Waals surface area contributed by atoms with E-state index < -0.39 is 14.3 Å². The van der Waals surface area contributed by atoms with Crippen LogP contribution in [0.25, 0.3) is 32.7 Å². The summed E-state index contributed by atoms with van der Waals surface area (Å²) in [4.78, 5) is 20.5. The Labute approximate surface area is 270 Å². The average molecular weight is 623 g/mol. The lowest BCUT2D eigenvalue weighted by molar-refractivity contribution is 0.0728. The van der Waals surface area contributed by atoms with Crippen molar-refractivity contribution in [1.82, 2.24) is 9.97 Å². The van der Waals surface area contributed by atoms with Gasteiger partial charge in [0.1, 0.15) is 11.4 Å². The van der Waals surface area contributed by atoms with E-state index in [9.17, 15) is 4.79 Å². The molecule has 0 saturated carbocycles. The van der Waals surface area contributed by atoms with Crippen molar-refractivity contribution in [2.45, 2.75) is 46.3 Å². The normalized spacial score (nSPS) is 12.3. The predicted octanol–water partition coefficient (Wildman–Crippen LogP) is 8.72. The van der Waals surface area contributed by atoms with Gasteiger partial charge in [-0.1, -0.05) is 112 Å². The number of hydrogen-bond donors (Lipinski definition) is 2. The number of ether oxygens (including phenoxy) is 1. The molecule has 7 rings (SSSR count). The lowest BCUT2D eigenvalue weighted by Gasteiger charge is -2.43. The standard InChI is InChI=1S/C40H38N2O3Si/c1-26-36-27(2)38(42-35(36)24-33-32-21-12-13-22-34(32)41-37(26)33)39(43)45-29-16-14-15-28(23-29)25-44-46(40(3,4)5,30-17-8-6-9-18-30)31-19-10-7-11-20-31/h6-24,41-42H,25H2,1-5H3. The number of fused-ring (bicyclic) bond motifs is 4. The summed E-state index contributed by atoms with van der Waals surface area (Å²) in [6.45, 7) is 11.3. The van der Waals surface area contributed by atoms with Crippen LogP contribution in [0.2, 0.25) is 5.04 Å². The summed E-state index contributed by atoms with van der Waals surface area (Å²) < 4.78 is 13.1. The number of carbonyl (C=O) groups is 1. The van der Waals surface area contributed by atoms with Gasteiger partial charge >= 0.3 is 5.97 Å². The molecule has 0 bridgehead atoms. The summed E-state index contributed by atoms with van der Waals surface area (Å²) in [6.07, 6.45) is 0. The Morgan fingerprint density at radius 2 is 1.35 bits per heavy atom. The minimum absolute atomic E-state index is 0.136. The minimum Gasteiger partial charge on any atom is -0.422 e. The smallest absolute Gasteiger partial charge is 0.360 e. The third kappa shape index (κ3) is 4.94. The Hall–Kier alpha value is -4.91. The Morgan fingerprint density at radius 1 is 0.696 bits per heavy atom. The van der Waals surface area contributed by atoms with Crippen LogP contribution in [0.15, 0.2) is 115 Å². The van der Waals surface area contributed by atoms with Crippen molar-refractivity contribution >= 4 is 57.4 Å². The van der Waals surface area contributed by atoms with Gasteiger partial charge in [-0.05, 0) is 70.2 Å². The van der Waals surface area contributed by atoms with Crippen LogP contribution < -0.4 is 15.1 Å². The number of para-hydroxylation sites is 1. The Morgan fingerprint density at radius 3 is 2.02 bits per heavy atom. The topological polar surface area (TPSA) is 67.1 Å². The predicted molar refractivity (Wildman–Crippen MR) is 191 cm³/mol. The lowest BCUT2D eigenvalue weighted by atomic mass is 10.0. The molecule has 230 valence electrons. The van der Waals surface area contributed by atoms with Crippen LogP contribution in [0.4, 0.5) is 0 Å². The molecule has 0 aliphatic heterocycles. The molecule has 0 atom stereocenters. The van der Waals surface area contributed by atoms with E-state index in [4.69, 9.17) is 9.16 Å². The fraction of sp³-hybridized carbons (Fsp3) is 0.175. The first-order valence-electron chi connectivity index (χ1n) is 15.8. The average Bonchev–Trinajstić information content (AvgIpc) is 3.60. The van der Waals surface area contributed by atoms with Crippen LogP contribution >= 0.6 is 0 Å². The van der Waals surface area contributed by atoms with E-state index in [1.807, 2.05) is 55.5 Å². The van der Waals surface area contributed by atoms with Crippen molar-refractivity contribution in [1.29, 1.82) is 0 Å². The monoisotopic (exact) mass is 622 g/mol. The molecule has 6 heteroatoms. The zero-order valence-corrected chi connectivity index (χ0v) is 27.9. The Balaban J connectivity index is 1.18. The van der Waals surface area contributed by atoms with E-state index in [1.165, 1.54) is 10.4 Å². The first-order valence-corrected chi connectivity index (χ1v) is 17.7. The number of benzene rings is 5. The van der Waals surface area contributed by atoms with Crippen LogP contribution in [0.5, 0.6) is 5.75 Å². The van der Waals surface area contributed by atoms with Gasteiger partial charge in [-0.2, -0.15) is 0 Å². The van der Waals surface area contributed by atoms with Crippen LogP contribution in [0.3, 0.4) is 0 Å². The van der Waals surface area contributed by atoms with Gasteiger partial charge in [-0.3, -0.25) is 0 Å². The maximum atomic E-state index is 13.6. The highest BCUT2D eigenvalue weighted by Gasteiger charge is 2.50. The first kappa shape index (κ1) is 29.8. The second kappa shape index (κ2) is 11.5. The van der Waals surface area contributed by atoms with E-state index in [2.05, 4.69) is 104 Å². The van der Waals surface area contributed by atoms with Gasteiger partial charge in [-0.15, -0.1) is 0 Å². The van der Waals surface area contributed by atoms with Crippen LogP contribution in [0, 0.1) is 13.8 Å². The summed E-state index contributed by atoms with van der Waals surface area (Å²) in [6, 6.07) is 39.3. The number of aromatic amines is 2. The highest BCUT2D eigenvalue weighted by atomic mass is 28.4. The number of aryl methyl sites for hydroxylation is 2. The highest BCUT2D eigenvalue weighted by Crippen LogP contribution is 2.38. The largest absolute Gasteiger partial charge is 0.422 e. The number of aromatic nitrogens is 2. The van der Waals surface area contributed by atoms with E-state index in [-0.39, 0.29) is 5.04 Å². The van der Waals surface area contributed by atoms with Gasteiger partial charge in [0.05, 0.1) is 12.1 Å². The maximum absolute atomic E-state index is 13.6. The summed E-state index contributed by atoms with van der Waals surface area (Å²) in [7, 11) is -2.71. The molecule has 0 fully saturated rings. The van der Waals surface area contributed by atoms with Crippen LogP contribution in [0.1, 0.15) is 48.0 Å². The molecule has 0 saturated heterocycles. The molecule has 2 N–H and O–H groups in total. The molecule has 0 unspecified atom stereocenters. The lowest BCUT2D eigenvalue weighted by Crippen LogP contribution is -2.66. The fourth-order valence-corrected chi connectivity index (χ4v) is 11.6. The van der Waals surface area contributed by atoms with Gasteiger partial charge in [0.2, 0.25) is 0 Å². The molecule has 2 heterocycles. The third-order valence-corrected chi connectivity index (χ3v) is 14.2. The molecular weight excluding hydrogens is 585 g/mol. The minimum atomic E-state index is -2.71. The third-order valence-electron chi connectivity index (χ3n) is 9.25. The fourth-order valence-electron chi connectivity index (χ4n) is 7.10. The van der Waals surface area contributed by atoms with E-state index >= 15 is 0 Å². The molecule has 0 aliphatic rings. The van der Waals surface area contributed by atoms with Crippen molar-refractivity contribution in [2.24, 2.45) is 0 Å². The molecule has 5 nitrogen and oxygen atoms in total. The van der Waals surface area contributed by atoms with Crippen molar-refractivity contribution in [3.63, 3.8) is 0 Å². The zero-order valence-electron chi connectivity index (χ0n) is 26.9. The van der Waals surface area contributed by atoms with Crippen molar-refractivity contribution < 1.29 is 14.0 Å². The summed E-state index contributed by atoms with van der Waals surface area (Å²) in [5, 5.41) is 5.66. The summed E-state index contributed by atoms with van der Waals surface area (Å²) in [5.74, 6) is 0.0769. The van der Waals surface area contributed by atoms with Crippen molar-refractivity contribution in [2.75, 3.05) is 0 Å². The van der Waals surface area contributed by atoms with E-state index in [0.717, 1.165) is 49.4 Å². The molecule has 7 aromatic rings. The quantitative estimate of drug-likeness (QED) is 0.106. The highest BCUT2D eigenvalue weighted by molar-refractivity contribution is 6.99. The number of esters is 1.